The molecule has 214 valence electrons. The van der Waals surface area contributed by atoms with Crippen LogP contribution in [0.15, 0.2) is 86.0 Å². The molecule has 1 unspecified atom stereocenters. The molecule has 0 spiro atoms. The number of hydrogen-bond acceptors (Lipinski definition) is 7. The van der Waals surface area contributed by atoms with Crippen LogP contribution >= 0.6 is 15.9 Å². The van der Waals surface area contributed by atoms with Gasteiger partial charge in [-0.05, 0) is 61.9 Å². The minimum Gasteiger partial charge on any atom is -0.497 e. The van der Waals surface area contributed by atoms with Gasteiger partial charge in [-0.15, -0.1) is 0 Å². The van der Waals surface area contributed by atoms with Crippen molar-refractivity contribution in [3.05, 3.63) is 92.6 Å². The van der Waals surface area contributed by atoms with E-state index in [1.165, 1.54) is 25.2 Å². The lowest BCUT2D eigenvalue weighted by Gasteiger charge is -2.31. The predicted octanol–water partition coefficient (Wildman–Crippen LogP) is 6.49. The summed E-state index contributed by atoms with van der Waals surface area (Å²) in [4.78, 5) is 42.6. The van der Waals surface area contributed by atoms with E-state index in [1.54, 1.807) is 61.7 Å². The number of ether oxygens (including phenoxy) is 3. The maximum atomic E-state index is 14.0. The standard InChI is InChI=1S/C33H28BrNO7/c1-17-13-22(28-23(14-17)32(37)35(33(28)38)20-9-7-19(34)8-10-20)29-26(40-3)16-27-30(31(29)41-4)24(36)15-25(42-27)18-5-11-21(39-2)12-6-18/h5-13,15-16,22-23,28H,14H2,1-4H3/t22?,23-,28+/m1/s1. The second-order valence-corrected chi connectivity index (χ2v) is 11.4. The Kier molecular flexibility index (Phi) is 7.14. The van der Waals surface area contributed by atoms with Crippen LogP contribution in [0.5, 0.6) is 17.2 Å². The minimum absolute atomic E-state index is 0.236. The van der Waals surface area contributed by atoms with Crippen molar-refractivity contribution < 1.29 is 28.2 Å². The van der Waals surface area contributed by atoms with E-state index in [0.717, 1.165) is 10.0 Å². The molecular weight excluding hydrogens is 602 g/mol. The molecule has 1 aromatic heterocycles. The summed E-state index contributed by atoms with van der Waals surface area (Å²) in [5, 5.41) is 0.236. The van der Waals surface area contributed by atoms with Gasteiger partial charge in [0.1, 0.15) is 34.0 Å². The Morgan fingerprint density at radius 1 is 0.881 bits per heavy atom. The van der Waals surface area contributed by atoms with Crippen molar-refractivity contribution in [3.63, 3.8) is 0 Å². The molecule has 8 nitrogen and oxygen atoms in total. The first kappa shape index (κ1) is 27.8. The van der Waals surface area contributed by atoms with Crippen molar-refractivity contribution in [1.29, 1.82) is 0 Å². The third kappa shape index (κ3) is 4.48. The van der Waals surface area contributed by atoms with E-state index in [0.29, 0.717) is 40.5 Å². The van der Waals surface area contributed by atoms with Gasteiger partial charge in [0.2, 0.25) is 11.8 Å². The normalized spacial score (nSPS) is 20.0. The average molecular weight is 630 g/mol. The lowest BCUT2D eigenvalue weighted by Crippen LogP contribution is -2.31. The van der Waals surface area contributed by atoms with E-state index in [4.69, 9.17) is 18.6 Å². The quantitative estimate of drug-likeness (QED) is 0.178. The van der Waals surface area contributed by atoms with Gasteiger partial charge < -0.3 is 18.6 Å². The molecule has 2 heterocycles. The summed E-state index contributed by atoms with van der Waals surface area (Å²) in [7, 11) is 4.57. The first-order valence-corrected chi connectivity index (χ1v) is 14.2. The second kappa shape index (κ2) is 10.8. The SMILES string of the molecule is COc1ccc(-c2cc(=O)c3c(OC)c(C4C=C(C)C[C@H]5C(=O)N(c6ccc(Br)cc6)C(=O)[C@@H]45)c(OC)cc3o2)cc1. The van der Waals surface area contributed by atoms with E-state index < -0.39 is 17.8 Å². The third-order valence-corrected chi connectivity index (χ3v) is 8.59. The number of nitrogens with zero attached hydrogens (tertiary/aromatic N) is 1. The summed E-state index contributed by atoms with van der Waals surface area (Å²) < 4.78 is 24.0. The molecule has 3 atom stereocenters. The number of rotatable bonds is 6. The predicted molar refractivity (Wildman–Crippen MR) is 162 cm³/mol. The number of fused-ring (bicyclic) bond motifs is 2. The summed E-state index contributed by atoms with van der Waals surface area (Å²) >= 11 is 3.41. The first-order valence-electron chi connectivity index (χ1n) is 13.4. The second-order valence-electron chi connectivity index (χ2n) is 10.5. The third-order valence-electron chi connectivity index (χ3n) is 8.06. The highest BCUT2D eigenvalue weighted by atomic mass is 79.9. The number of halogens is 1. The van der Waals surface area contributed by atoms with Gasteiger partial charge >= 0.3 is 0 Å². The first-order chi connectivity index (χ1) is 20.2. The van der Waals surface area contributed by atoms with E-state index in [1.807, 2.05) is 13.0 Å². The van der Waals surface area contributed by atoms with E-state index in [2.05, 4.69) is 15.9 Å². The molecule has 0 saturated carbocycles. The number of hydrogen-bond donors (Lipinski definition) is 0. The zero-order valence-corrected chi connectivity index (χ0v) is 25.1. The number of methoxy groups -OCH3 is 3. The van der Waals surface area contributed by atoms with Crippen molar-refractivity contribution in [2.24, 2.45) is 11.8 Å². The van der Waals surface area contributed by atoms with Crippen molar-refractivity contribution >= 4 is 44.4 Å². The van der Waals surface area contributed by atoms with Gasteiger partial charge in [-0.2, -0.15) is 0 Å². The monoisotopic (exact) mass is 629 g/mol. The Bertz CT molecular complexity index is 1810. The number of amides is 2. The van der Waals surface area contributed by atoms with Crippen LogP contribution in [0.2, 0.25) is 0 Å². The van der Waals surface area contributed by atoms with Crippen LogP contribution in [-0.4, -0.2) is 33.1 Å². The van der Waals surface area contributed by atoms with Crippen LogP contribution in [0, 0.1) is 11.8 Å². The van der Waals surface area contributed by atoms with E-state index in [-0.39, 0.29) is 34.0 Å². The van der Waals surface area contributed by atoms with Gasteiger partial charge in [-0.3, -0.25) is 19.3 Å². The Morgan fingerprint density at radius 2 is 1.60 bits per heavy atom. The molecule has 1 saturated heterocycles. The molecule has 1 aliphatic heterocycles. The zero-order chi connectivity index (χ0) is 29.7. The fourth-order valence-corrected chi connectivity index (χ4v) is 6.44. The maximum absolute atomic E-state index is 14.0. The summed E-state index contributed by atoms with van der Waals surface area (Å²) in [5.41, 5.74) is 2.69. The number of carbonyl (C=O) groups excluding carboxylic acids is 2. The van der Waals surface area contributed by atoms with Crippen LogP contribution in [0.4, 0.5) is 5.69 Å². The summed E-state index contributed by atoms with van der Waals surface area (Å²) in [6.45, 7) is 1.94. The molecule has 1 fully saturated rings. The molecule has 2 aliphatic rings. The summed E-state index contributed by atoms with van der Waals surface area (Å²) in [6, 6.07) is 17.4. The van der Waals surface area contributed by atoms with E-state index >= 15 is 0 Å². The molecule has 0 radical (unpaired) electrons. The molecule has 6 rings (SSSR count). The Labute approximate surface area is 250 Å². The number of imide groups is 1. The van der Waals surface area contributed by atoms with Crippen LogP contribution in [0.25, 0.3) is 22.3 Å². The topological polar surface area (TPSA) is 95.3 Å². The lowest BCUT2D eigenvalue weighted by molar-refractivity contribution is -0.122. The summed E-state index contributed by atoms with van der Waals surface area (Å²) in [6.07, 6.45) is 2.45. The highest BCUT2D eigenvalue weighted by Gasteiger charge is 2.54. The minimum atomic E-state index is -0.698. The smallest absolute Gasteiger partial charge is 0.238 e. The molecule has 2 amide bonds. The molecule has 0 N–H and O–H groups in total. The number of benzene rings is 3. The number of carbonyl (C=O) groups is 2. The average Bonchev–Trinajstić information content (AvgIpc) is 3.24. The number of allylic oxidation sites excluding steroid dienone is 2. The maximum Gasteiger partial charge on any atom is 0.238 e. The molecule has 3 aromatic carbocycles. The Hall–Kier alpha value is -4.37. The van der Waals surface area contributed by atoms with Crippen molar-refractivity contribution in [3.8, 4) is 28.6 Å². The largest absolute Gasteiger partial charge is 0.497 e. The lowest BCUT2D eigenvalue weighted by atomic mass is 9.71. The highest BCUT2D eigenvalue weighted by molar-refractivity contribution is 9.10. The molecule has 4 aromatic rings. The van der Waals surface area contributed by atoms with Crippen LogP contribution in [-0.2, 0) is 9.59 Å². The van der Waals surface area contributed by atoms with Crippen LogP contribution in [0.3, 0.4) is 0 Å². The fourth-order valence-electron chi connectivity index (χ4n) is 6.17. The molecule has 1 aliphatic carbocycles. The van der Waals surface area contributed by atoms with Crippen LogP contribution in [0.1, 0.15) is 24.8 Å². The van der Waals surface area contributed by atoms with Gasteiger partial charge in [0, 0.05) is 33.7 Å². The summed E-state index contributed by atoms with van der Waals surface area (Å²) in [5.74, 6) is -0.659. The molecule has 0 bridgehead atoms. The fraction of sp³-hybridized carbons (Fsp3) is 0.242. The van der Waals surface area contributed by atoms with Crippen LogP contribution < -0.4 is 24.5 Å². The van der Waals surface area contributed by atoms with Crippen molar-refractivity contribution in [1.82, 2.24) is 0 Å². The Balaban J connectivity index is 1.51. The highest BCUT2D eigenvalue weighted by Crippen LogP contribution is 2.52. The molecule has 9 heteroatoms. The van der Waals surface area contributed by atoms with Gasteiger partial charge in [-0.1, -0.05) is 27.6 Å². The number of anilines is 1. The van der Waals surface area contributed by atoms with Gasteiger partial charge in [0.05, 0.1) is 38.9 Å². The van der Waals surface area contributed by atoms with Crippen molar-refractivity contribution in [2.75, 3.05) is 26.2 Å². The van der Waals surface area contributed by atoms with Gasteiger partial charge in [-0.25, -0.2) is 0 Å². The van der Waals surface area contributed by atoms with Gasteiger partial charge in [0.25, 0.3) is 0 Å². The molecular formula is C33H28BrNO7. The molecule has 42 heavy (non-hydrogen) atoms. The zero-order valence-electron chi connectivity index (χ0n) is 23.5. The Morgan fingerprint density at radius 3 is 2.24 bits per heavy atom. The van der Waals surface area contributed by atoms with E-state index in [9.17, 15) is 14.4 Å². The van der Waals surface area contributed by atoms with Crippen molar-refractivity contribution in [2.45, 2.75) is 19.3 Å². The van der Waals surface area contributed by atoms with Gasteiger partial charge in [0.15, 0.2) is 5.43 Å².